The average molecular weight is 228 g/mol. The number of hydrogen-bond acceptors (Lipinski definition) is 3. The van der Waals surface area contributed by atoms with Gasteiger partial charge in [-0.15, -0.1) is 0 Å². The number of hydrogen-bond donors (Lipinski definition) is 1. The summed E-state index contributed by atoms with van der Waals surface area (Å²) < 4.78 is 4.81. The average Bonchev–Trinajstić information content (AvgIpc) is 2.24. The van der Waals surface area contributed by atoms with Crippen molar-refractivity contribution in [2.75, 3.05) is 7.11 Å². The van der Waals surface area contributed by atoms with E-state index < -0.39 is 5.60 Å². The molecule has 1 aliphatic rings. The smallest absolute Gasteiger partial charge is 0.311 e. The van der Waals surface area contributed by atoms with Gasteiger partial charge in [-0.1, -0.05) is 27.2 Å². The lowest BCUT2D eigenvalue weighted by Gasteiger charge is -2.44. The molecular weight excluding hydrogens is 204 g/mol. The monoisotopic (exact) mass is 228 g/mol. The largest absolute Gasteiger partial charge is 0.469 e. The van der Waals surface area contributed by atoms with E-state index >= 15 is 0 Å². The Labute approximate surface area is 98.2 Å². The highest BCUT2D eigenvalue weighted by Crippen LogP contribution is 2.43. The van der Waals surface area contributed by atoms with Crippen LogP contribution in [0.3, 0.4) is 0 Å². The quantitative estimate of drug-likeness (QED) is 0.754. The highest BCUT2D eigenvalue weighted by atomic mass is 16.5. The molecule has 3 nitrogen and oxygen atoms in total. The fourth-order valence-corrected chi connectivity index (χ4v) is 3.00. The minimum Gasteiger partial charge on any atom is -0.469 e. The lowest BCUT2D eigenvalue weighted by Crippen LogP contribution is -2.51. The van der Waals surface area contributed by atoms with Gasteiger partial charge in [-0.05, 0) is 31.1 Å². The zero-order chi connectivity index (χ0) is 12.3. The number of rotatable bonds is 3. The number of carbonyl (C=O) groups excluding carboxylic acids is 1. The van der Waals surface area contributed by atoms with Gasteiger partial charge in [-0.3, -0.25) is 4.79 Å². The van der Waals surface area contributed by atoms with Crippen LogP contribution in [-0.2, 0) is 9.53 Å². The maximum Gasteiger partial charge on any atom is 0.311 e. The van der Waals surface area contributed by atoms with Crippen molar-refractivity contribution in [1.82, 2.24) is 0 Å². The second kappa shape index (κ2) is 5.17. The van der Waals surface area contributed by atoms with Crippen LogP contribution in [0.2, 0.25) is 0 Å². The molecule has 0 heterocycles. The van der Waals surface area contributed by atoms with Crippen molar-refractivity contribution in [3.63, 3.8) is 0 Å². The van der Waals surface area contributed by atoms with E-state index in [0.717, 1.165) is 12.8 Å². The second-order valence-electron chi connectivity index (χ2n) is 5.26. The highest BCUT2D eigenvalue weighted by molar-refractivity contribution is 5.73. The van der Waals surface area contributed by atoms with Crippen molar-refractivity contribution >= 4 is 5.97 Å². The van der Waals surface area contributed by atoms with Gasteiger partial charge in [0.15, 0.2) is 0 Å². The molecule has 16 heavy (non-hydrogen) atoms. The van der Waals surface area contributed by atoms with E-state index in [9.17, 15) is 9.90 Å². The van der Waals surface area contributed by atoms with E-state index in [0.29, 0.717) is 18.8 Å². The third-order valence-electron chi connectivity index (χ3n) is 4.12. The maximum atomic E-state index is 11.7. The minimum atomic E-state index is -0.875. The van der Waals surface area contributed by atoms with Crippen LogP contribution in [0.25, 0.3) is 0 Å². The van der Waals surface area contributed by atoms with E-state index in [-0.39, 0.29) is 17.8 Å². The molecule has 4 unspecified atom stereocenters. The molecule has 4 atom stereocenters. The third-order valence-corrected chi connectivity index (χ3v) is 4.12. The second-order valence-corrected chi connectivity index (χ2v) is 5.26. The molecule has 0 spiro atoms. The maximum absolute atomic E-state index is 11.7. The fraction of sp³-hybridized carbons (Fsp3) is 0.923. The Hall–Kier alpha value is -0.570. The first kappa shape index (κ1) is 13.5. The minimum absolute atomic E-state index is 0.174. The van der Waals surface area contributed by atoms with E-state index in [2.05, 4.69) is 6.92 Å². The predicted octanol–water partition coefficient (Wildman–Crippen LogP) is 2.37. The first-order valence-corrected chi connectivity index (χ1v) is 6.25. The van der Waals surface area contributed by atoms with Crippen LogP contribution >= 0.6 is 0 Å². The van der Waals surface area contributed by atoms with Crippen molar-refractivity contribution in [2.24, 2.45) is 17.8 Å². The molecule has 1 aliphatic carbocycles. The van der Waals surface area contributed by atoms with Crippen molar-refractivity contribution < 1.29 is 14.6 Å². The first-order valence-electron chi connectivity index (χ1n) is 6.25. The van der Waals surface area contributed by atoms with Gasteiger partial charge in [-0.25, -0.2) is 0 Å². The van der Waals surface area contributed by atoms with Crippen molar-refractivity contribution in [2.45, 2.75) is 52.1 Å². The normalized spacial score (nSPS) is 36.8. The molecule has 0 aromatic carbocycles. The van der Waals surface area contributed by atoms with Gasteiger partial charge in [0.05, 0.1) is 18.6 Å². The zero-order valence-electron chi connectivity index (χ0n) is 10.8. The summed E-state index contributed by atoms with van der Waals surface area (Å²) in [5.41, 5.74) is -0.875. The van der Waals surface area contributed by atoms with Gasteiger partial charge in [0.25, 0.3) is 0 Å². The number of ether oxygens (including phenoxy) is 1. The summed E-state index contributed by atoms with van der Waals surface area (Å²) in [5, 5.41) is 10.8. The van der Waals surface area contributed by atoms with E-state index in [4.69, 9.17) is 4.74 Å². The Kier molecular flexibility index (Phi) is 4.36. The molecule has 0 aliphatic heterocycles. The summed E-state index contributed by atoms with van der Waals surface area (Å²) in [6.45, 7) is 6.11. The molecule has 1 rings (SSSR count). The predicted molar refractivity (Wildman–Crippen MR) is 62.9 cm³/mol. The summed E-state index contributed by atoms with van der Waals surface area (Å²) >= 11 is 0. The summed E-state index contributed by atoms with van der Waals surface area (Å²) in [4.78, 5) is 11.7. The van der Waals surface area contributed by atoms with Crippen molar-refractivity contribution in [3.8, 4) is 0 Å². The molecule has 0 aromatic rings. The first-order chi connectivity index (χ1) is 7.45. The van der Waals surface area contributed by atoms with Crippen molar-refractivity contribution in [3.05, 3.63) is 0 Å². The van der Waals surface area contributed by atoms with Crippen LogP contribution in [0, 0.1) is 17.8 Å². The molecule has 0 radical (unpaired) electrons. The number of carbonyl (C=O) groups is 1. The summed E-state index contributed by atoms with van der Waals surface area (Å²) in [6, 6.07) is 0. The summed E-state index contributed by atoms with van der Waals surface area (Å²) in [5.74, 6) is 0.00820. The SMILES string of the molecule is CCC(C(=O)OC)C1(O)CC(C)CCC1C. The van der Waals surface area contributed by atoms with Gasteiger partial charge < -0.3 is 9.84 Å². The lowest BCUT2D eigenvalue weighted by molar-refractivity contribution is -0.166. The molecule has 1 fully saturated rings. The Morgan fingerprint density at radius 3 is 2.62 bits per heavy atom. The highest BCUT2D eigenvalue weighted by Gasteiger charge is 2.47. The van der Waals surface area contributed by atoms with Crippen LogP contribution < -0.4 is 0 Å². The van der Waals surface area contributed by atoms with Gasteiger partial charge in [0, 0.05) is 0 Å². The molecular formula is C13H24O3. The number of methoxy groups -OCH3 is 1. The van der Waals surface area contributed by atoms with E-state index in [1.165, 1.54) is 7.11 Å². The van der Waals surface area contributed by atoms with Gasteiger partial charge in [-0.2, -0.15) is 0 Å². The molecule has 3 heteroatoms. The summed E-state index contributed by atoms with van der Waals surface area (Å²) in [6.07, 6.45) is 3.48. The standard InChI is InChI=1S/C13H24O3/c1-5-11(12(14)16-4)13(15)8-9(2)6-7-10(13)3/h9-11,15H,5-8H2,1-4H3. The molecule has 0 saturated heterocycles. The Bertz CT molecular complexity index is 252. The number of esters is 1. The fourth-order valence-electron chi connectivity index (χ4n) is 3.00. The Morgan fingerprint density at radius 2 is 2.12 bits per heavy atom. The van der Waals surface area contributed by atoms with Gasteiger partial charge >= 0.3 is 5.97 Å². The van der Waals surface area contributed by atoms with Crippen LogP contribution in [-0.4, -0.2) is 23.8 Å². The van der Waals surface area contributed by atoms with Crippen LogP contribution in [0.5, 0.6) is 0 Å². The van der Waals surface area contributed by atoms with Crippen LogP contribution in [0.15, 0.2) is 0 Å². The third kappa shape index (κ3) is 2.40. The molecule has 0 bridgehead atoms. The van der Waals surface area contributed by atoms with Gasteiger partial charge in [0.1, 0.15) is 0 Å². The molecule has 1 N–H and O–H groups in total. The Morgan fingerprint density at radius 1 is 1.50 bits per heavy atom. The zero-order valence-corrected chi connectivity index (χ0v) is 10.8. The summed E-state index contributed by atoms with van der Waals surface area (Å²) in [7, 11) is 1.39. The lowest BCUT2D eigenvalue weighted by atomic mass is 9.65. The molecule has 0 aromatic heterocycles. The Balaban J connectivity index is 2.90. The van der Waals surface area contributed by atoms with E-state index in [1.54, 1.807) is 0 Å². The van der Waals surface area contributed by atoms with E-state index in [1.807, 2.05) is 13.8 Å². The van der Waals surface area contributed by atoms with Crippen LogP contribution in [0.1, 0.15) is 46.5 Å². The molecule has 1 saturated carbocycles. The molecule has 94 valence electrons. The van der Waals surface area contributed by atoms with Crippen molar-refractivity contribution in [1.29, 1.82) is 0 Å². The number of aliphatic hydroxyl groups is 1. The van der Waals surface area contributed by atoms with Gasteiger partial charge in [0.2, 0.25) is 0 Å². The molecule has 0 amide bonds. The topological polar surface area (TPSA) is 46.5 Å². The van der Waals surface area contributed by atoms with Crippen LogP contribution in [0.4, 0.5) is 0 Å².